The molecule has 0 radical (unpaired) electrons. The number of aromatic nitrogens is 2. The van der Waals surface area contributed by atoms with E-state index >= 15 is 0 Å². The van der Waals surface area contributed by atoms with E-state index in [1.165, 1.54) is 24.3 Å². The molecule has 27 heavy (non-hydrogen) atoms. The van der Waals surface area contributed by atoms with Crippen LogP contribution in [-0.4, -0.2) is 16.3 Å². The minimum absolute atomic E-state index is 0.0521. The first-order valence-electron chi connectivity index (χ1n) is 7.57. The lowest BCUT2D eigenvalue weighted by Gasteiger charge is -2.13. The van der Waals surface area contributed by atoms with E-state index in [0.29, 0.717) is 16.7 Å². The van der Waals surface area contributed by atoms with E-state index in [0.717, 1.165) is 0 Å². The van der Waals surface area contributed by atoms with Crippen molar-refractivity contribution in [3.8, 4) is 34.2 Å². The zero-order valence-corrected chi connectivity index (χ0v) is 13.7. The van der Waals surface area contributed by atoms with E-state index in [2.05, 4.69) is 14.7 Å². The lowest BCUT2D eigenvalue weighted by Crippen LogP contribution is -2.16. The summed E-state index contributed by atoms with van der Waals surface area (Å²) in [7, 11) is 0. The zero-order valence-electron chi connectivity index (χ0n) is 13.7. The van der Waals surface area contributed by atoms with E-state index in [1.807, 2.05) is 6.07 Å². The van der Waals surface area contributed by atoms with E-state index < -0.39 is 6.36 Å². The summed E-state index contributed by atoms with van der Waals surface area (Å²) in [5, 5.41) is 9.38. The smallest absolute Gasteiger partial charge is 0.406 e. The van der Waals surface area contributed by atoms with Crippen molar-refractivity contribution in [3.05, 3.63) is 54.1 Å². The fourth-order valence-electron chi connectivity index (χ4n) is 2.58. The first-order chi connectivity index (χ1) is 12.8. The van der Waals surface area contributed by atoms with E-state index in [9.17, 15) is 18.4 Å². The van der Waals surface area contributed by atoms with Crippen molar-refractivity contribution in [2.75, 3.05) is 11.5 Å². The van der Waals surface area contributed by atoms with Gasteiger partial charge in [-0.1, -0.05) is 36.4 Å². The van der Waals surface area contributed by atoms with Gasteiger partial charge < -0.3 is 16.2 Å². The third-order valence-electron chi connectivity index (χ3n) is 3.65. The van der Waals surface area contributed by atoms with Gasteiger partial charge in [0.1, 0.15) is 23.2 Å². The van der Waals surface area contributed by atoms with Crippen LogP contribution in [0.15, 0.2) is 48.5 Å². The van der Waals surface area contributed by atoms with Gasteiger partial charge in [-0.3, -0.25) is 0 Å². The Morgan fingerprint density at radius 2 is 1.56 bits per heavy atom. The van der Waals surface area contributed by atoms with Gasteiger partial charge in [-0.15, -0.1) is 13.2 Å². The van der Waals surface area contributed by atoms with Gasteiger partial charge in [0.05, 0.1) is 5.69 Å². The highest BCUT2D eigenvalue weighted by Gasteiger charge is 2.31. The molecular weight excluding hydrogens is 359 g/mol. The lowest BCUT2D eigenvalue weighted by molar-refractivity contribution is -0.274. The summed E-state index contributed by atoms with van der Waals surface area (Å²) in [5.41, 5.74) is 13.5. The van der Waals surface area contributed by atoms with Crippen LogP contribution in [-0.2, 0) is 0 Å². The quantitative estimate of drug-likeness (QED) is 0.725. The molecule has 3 rings (SSSR count). The van der Waals surface area contributed by atoms with Gasteiger partial charge in [0, 0.05) is 5.56 Å². The summed E-state index contributed by atoms with van der Waals surface area (Å²) >= 11 is 0. The molecule has 0 aliphatic rings. The number of nitrogens with two attached hydrogens (primary N) is 2. The monoisotopic (exact) mass is 371 g/mol. The fraction of sp³-hybridized carbons (Fsp3) is 0.0556. The Balaban J connectivity index is 2.10. The number of nitrogens with zero attached hydrogens (tertiary/aromatic N) is 3. The van der Waals surface area contributed by atoms with Gasteiger partial charge in [-0.05, 0) is 23.3 Å². The summed E-state index contributed by atoms with van der Waals surface area (Å²) in [4.78, 5) is 7.90. The number of ether oxygens (including phenoxy) is 1. The molecule has 136 valence electrons. The maximum absolute atomic E-state index is 12.3. The zero-order chi connectivity index (χ0) is 19.6. The highest BCUT2D eigenvalue weighted by molar-refractivity contribution is 5.86. The van der Waals surface area contributed by atoms with E-state index in [4.69, 9.17) is 11.5 Å². The van der Waals surface area contributed by atoms with Gasteiger partial charge in [-0.2, -0.15) is 10.2 Å². The largest absolute Gasteiger partial charge is 0.573 e. The molecule has 4 N–H and O–H groups in total. The average Bonchev–Trinajstić information content (AvgIpc) is 2.60. The summed E-state index contributed by atoms with van der Waals surface area (Å²) < 4.78 is 40.8. The Morgan fingerprint density at radius 1 is 0.926 bits per heavy atom. The fourth-order valence-corrected chi connectivity index (χ4v) is 2.58. The second-order valence-corrected chi connectivity index (χ2v) is 5.42. The van der Waals surface area contributed by atoms with Crippen molar-refractivity contribution in [3.63, 3.8) is 0 Å². The number of halogens is 3. The van der Waals surface area contributed by atoms with Gasteiger partial charge in [0.15, 0.2) is 0 Å². The van der Waals surface area contributed by atoms with Crippen LogP contribution >= 0.6 is 0 Å². The molecule has 0 saturated carbocycles. The van der Waals surface area contributed by atoms with Gasteiger partial charge in [-0.25, -0.2) is 4.98 Å². The molecular formula is C18H12F3N5O. The molecule has 2 aromatic carbocycles. The van der Waals surface area contributed by atoms with Crippen LogP contribution in [0.5, 0.6) is 5.75 Å². The maximum atomic E-state index is 12.3. The molecule has 0 fully saturated rings. The molecule has 0 bridgehead atoms. The molecule has 0 aliphatic carbocycles. The lowest BCUT2D eigenvalue weighted by atomic mass is 9.95. The summed E-state index contributed by atoms with van der Waals surface area (Å²) in [5.74, 6) is -0.481. The molecule has 0 atom stereocenters. The molecule has 6 nitrogen and oxygen atoms in total. The van der Waals surface area contributed by atoms with Crippen LogP contribution in [0.4, 0.5) is 24.9 Å². The summed E-state index contributed by atoms with van der Waals surface area (Å²) in [6.45, 7) is 0. The number of hydrogen-bond acceptors (Lipinski definition) is 6. The topological polar surface area (TPSA) is 111 Å². The Hall–Kier alpha value is -3.80. The molecule has 0 saturated heterocycles. The molecule has 9 heteroatoms. The third-order valence-corrected chi connectivity index (χ3v) is 3.65. The highest BCUT2D eigenvalue weighted by atomic mass is 19.4. The van der Waals surface area contributed by atoms with Crippen LogP contribution < -0.4 is 16.2 Å². The number of nitriles is 1. The van der Waals surface area contributed by atoms with Crippen molar-refractivity contribution in [2.24, 2.45) is 0 Å². The van der Waals surface area contributed by atoms with Crippen LogP contribution in [0, 0.1) is 11.3 Å². The van der Waals surface area contributed by atoms with Gasteiger partial charge in [0.25, 0.3) is 0 Å². The molecule has 0 amide bonds. The molecule has 0 spiro atoms. The normalized spacial score (nSPS) is 11.0. The van der Waals surface area contributed by atoms with Crippen LogP contribution in [0.3, 0.4) is 0 Å². The van der Waals surface area contributed by atoms with Crippen LogP contribution in [0.1, 0.15) is 5.56 Å². The molecule has 1 heterocycles. The molecule has 0 aliphatic heterocycles. The maximum Gasteiger partial charge on any atom is 0.573 e. The Morgan fingerprint density at radius 3 is 2.15 bits per heavy atom. The first kappa shape index (κ1) is 18.0. The van der Waals surface area contributed by atoms with Gasteiger partial charge >= 0.3 is 6.36 Å². The summed E-state index contributed by atoms with van der Waals surface area (Å²) in [6, 6.07) is 14.2. The van der Waals surface area contributed by atoms with Crippen molar-refractivity contribution < 1.29 is 17.9 Å². The standard InChI is InChI=1S/C18H12F3N5O/c19-18(20,21)27-11-7-5-10(6-8-11)12-3-1-2-4-13(12)15-14(9-22)16(23)26-17(24)25-15/h1-8H,(H4,23,24,25,26). The number of benzene rings is 2. The molecule has 0 unspecified atom stereocenters. The van der Waals surface area contributed by atoms with E-state index in [-0.39, 0.29) is 28.8 Å². The first-order valence-corrected chi connectivity index (χ1v) is 7.57. The van der Waals surface area contributed by atoms with Crippen molar-refractivity contribution >= 4 is 11.8 Å². The van der Waals surface area contributed by atoms with Crippen LogP contribution in [0.2, 0.25) is 0 Å². The SMILES string of the molecule is N#Cc1c(N)nc(N)nc1-c1ccccc1-c1ccc(OC(F)(F)F)cc1. The van der Waals surface area contributed by atoms with Gasteiger partial charge in [0.2, 0.25) is 5.95 Å². The van der Waals surface area contributed by atoms with Crippen molar-refractivity contribution in [1.29, 1.82) is 5.26 Å². The highest BCUT2D eigenvalue weighted by Crippen LogP contribution is 2.35. The second-order valence-electron chi connectivity index (χ2n) is 5.42. The minimum Gasteiger partial charge on any atom is -0.406 e. The number of anilines is 2. The predicted octanol–water partition coefficient (Wildman–Crippen LogP) is 3.75. The minimum atomic E-state index is -4.77. The van der Waals surface area contributed by atoms with Crippen LogP contribution in [0.25, 0.3) is 22.4 Å². The van der Waals surface area contributed by atoms with Crippen molar-refractivity contribution in [2.45, 2.75) is 6.36 Å². The Kier molecular flexibility index (Phi) is 4.56. The second kappa shape index (κ2) is 6.84. The Labute approximate surface area is 151 Å². The van der Waals surface area contributed by atoms with Crippen molar-refractivity contribution in [1.82, 2.24) is 9.97 Å². The molecule has 3 aromatic rings. The molecule has 1 aromatic heterocycles. The number of hydrogen-bond donors (Lipinski definition) is 2. The number of nitrogen functional groups attached to an aromatic ring is 2. The summed E-state index contributed by atoms with van der Waals surface area (Å²) in [6.07, 6.45) is -4.77. The number of rotatable bonds is 3. The number of alkyl halides is 3. The Bertz CT molecular complexity index is 1030. The average molecular weight is 371 g/mol. The predicted molar refractivity (Wildman–Crippen MR) is 93.1 cm³/mol. The third kappa shape index (κ3) is 3.90. The van der Waals surface area contributed by atoms with E-state index in [1.54, 1.807) is 24.3 Å².